The summed E-state index contributed by atoms with van der Waals surface area (Å²) >= 11 is 0. The highest BCUT2D eigenvalue weighted by atomic mass is 16.6. The molecule has 25 heavy (non-hydrogen) atoms. The Labute approximate surface area is 148 Å². The van der Waals surface area contributed by atoms with Gasteiger partial charge in [-0.25, -0.2) is 4.79 Å². The number of hydrogen-bond donors (Lipinski definition) is 0. The third kappa shape index (κ3) is 4.90. The molecule has 2 aromatic rings. The lowest BCUT2D eigenvalue weighted by Gasteiger charge is -2.33. The van der Waals surface area contributed by atoms with Gasteiger partial charge >= 0.3 is 5.97 Å². The molecular weight excluding hydrogens is 318 g/mol. The largest absolute Gasteiger partial charge is 0.458 e. The first-order valence-corrected chi connectivity index (χ1v) is 8.55. The van der Waals surface area contributed by atoms with Gasteiger partial charge in [-0.05, 0) is 26.3 Å². The van der Waals surface area contributed by atoms with Crippen molar-refractivity contribution in [1.82, 2.24) is 14.7 Å². The average Bonchev–Trinajstić information content (AvgIpc) is 3.03. The zero-order chi connectivity index (χ0) is 17.9. The lowest BCUT2D eigenvalue weighted by atomic mass is 10.1. The Morgan fingerprint density at radius 2 is 2.04 bits per heavy atom. The second kappa shape index (κ2) is 7.37. The second-order valence-corrected chi connectivity index (χ2v) is 7.25. The van der Waals surface area contributed by atoms with E-state index in [-0.39, 0.29) is 5.97 Å². The van der Waals surface area contributed by atoms with Gasteiger partial charge in [0.25, 0.3) is 0 Å². The van der Waals surface area contributed by atoms with E-state index < -0.39 is 11.7 Å². The molecule has 6 heteroatoms. The maximum atomic E-state index is 12.2. The van der Waals surface area contributed by atoms with E-state index in [1.54, 1.807) is 0 Å². The van der Waals surface area contributed by atoms with E-state index >= 15 is 0 Å². The van der Waals surface area contributed by atoms with E-state index in [9.17, 15) is 4.79 Å². The summed E-state index contributed by atoms with van der Waals surface area (Å²) in [5.74, 6) is -0.303. The maximum absolute atomic E-state index is 12.2. The van der Waals surface area contributed by atoms with Gasteiger partial charge < -0.3 is 9.47 Å². The Balaban J connectivity index is 1.60. The Hall–Kier alpha value is -2.18. The van der Waals surface area contributed by atoms with Gasteiger partial charge in [0.2, 0.25) is 0 Å². The third-order valence-electron chi connectivity index (χ3n) is 3.91. The fraction of sp³-hybridized carbons (Fsp3) is 0.474. The Morgan fingerprint density at radius 3 is 2.76 bits per heavy atom. The molecule has 0 N–H and O–H groups in total. The summed E-state index contributed by atoms with van der Waals surface area (Å²) in [4.78, 5) is 14.4. The summed E-state index contributed by atoms with van der Waals surface area (Å²) in [6.07, 6.45) is 3.34. The monoisotopic (exact) mass is 343 g/mol. The van der Waals surface area contributed by atoms with E-state index in [0.29, 0.717) is 19.8 Å². The minimum absolute atomic E-state index is 0.303. The average molecular weight is 343 g/mol. The van der Waals surface area contributed by atoms with E-state index in [2.05, 4.69) is 22.1 Å². The highest BCUT2D eigenvalue weighted by Crippen LogP contribution is 2.18. The predicted molar refractivity (Wildman–Crippen MR) is 94.8 cm³/mol. The molecule has 0 radical (unpaired) electrons. The summed E-state index contributed by atoms with van der Waals surface area (Å²) < 4.78 is 12.9. The van der Waals surface area contributed by atoms with Gasteiger partial charge in [0, 0.05) is 24.8 Å². The normalized spacial score (nSPS) is 18.9. The van der Waals surface area contributed by atoms with Crippen molar-refractivity contribution in [3.8, 4) is 11.1 Å². The summed E-state index contributed by atoms with van der Waals surface area (Å²) in [5, 5.41) is 4.43. The number of hydrogen-bond acceptors (Lipinski definition) is 5. The molecule has 0 amide bonds. The van der Waals surface area contributed by atoms with Crippen LogP contribution in [0.4, 0.5) is 0 Å². The van der Waals surface area contributed by atoms with Crippen LogP contribution in [0.2, 0.25) is 0 Å². The van der Waals surface area contributed by atoms with Gasteiger partial charge in [0.1, 0.15) is 5.60 Å². The Bertz CT molecular complexity index is 706. The number of morpholine rings is 1. The predicted octanol–water partition coefficient (Wildman–Crippen LogP) is 2.55. The molecule has 0 spiro atoms. The van der Waals surface area contributed by atoms with Crippen molar-refractivity contribution < 1.29 is 14.3 Å². The van der Waals surface area contributed by atoms with Crippen LogP contribution in [0.3, 0.4) is 0 Å². The number of nitrogens with zero attached hydrogens (tertiary/aromatic N) is 3. The smallest absolute Gasteiger partial charge is 0.337 e. The van der Waals surface area contributed by atoms with Crippen molar-refractivity contribution in [3.05, 3.63) is 42.7 Å². The van der Waals surface area contributed by atoms with Crippen LogP contribution in [0.5, 0.6) is 0 Å². The minimum Gasteiger partial charge on any atom is -0.458 e. The Kier molecular flexibility index (Phi) is 5.20. The maximum Gasteiger partial charge on any atom is 0.337 e. The number of carbonyl (C=O) groups excluding carboxylic acids is 1. The van der Waals surface area contributed by atoms with Gasteiger partial charge in [-0.2, -0.15) is 5.10 Å². The zero-order valence-electron chi connectivity index (χ0n) is 15.0. The van der Waals surface area contributed by atoms with Crippen LogP contribution < -0.4 is 0 Å². The standard InChI is InChI=1S/C19H25N3O3/c1-19(2,3)25-18(23)17-13-21(9-10-24-17)14-22-12-16(11-20-22)15-7-5-4-6-8-15/h4-8,11-12,17H,9-10,13-14H2,1-3H3/t17-/m1/s1. The fourth-order valence-corrected chi connectivity index (χ4v) is 2.77. The summed E-state index contributed by atoms with van der Waals surface area (Å²) in [6.45, 7) is 7.99. The fourth-order valence-electron chi connectivity index (χ4n) is 2.77. The van der Waals surface area contributed by atoms with Gasteiger partial charge in [0.05, 0.1) is 19.5 Å². The van der Waals surface area contributed by atoms with Gasteiger partial charge in [-0.3, -0.25) is 9.58 Å². The number of ether oxygens (including phenoxy) is 2. The third-order valence-corrected chi connectivity index (χ3v) is 3.91. The molecule has 1 aromatic carbocycles. The molecular formula is C19H25N3O3. The number of aromatic nitrogens is 2. The molecule has 0 aliphatic carbocycles. The van der Waals surface area contributed by atoms with Crippen LogP contribution in [0.1, 0.15) is 20.8 Å². The first kappa shape index (κ1) is 17.6. The van der Waals surface area contributed by atoms with E-state index in [4.69, 9.17) is 9.47 Å². The molecule has 1 aliphatic rings. The zero-order valence-corrected chi connectivity index (χ0v) is 15.0. The summed E-state index contributed by atoms with van der Waals surface area (Å²) in [5.41, 5.74) is 1.72. The number of rotatable bonds is 4. The van der Waals surface area contributed by atoms with Crippen molar-refractivity contribution in [1.29, 1.82) is 0 Å². The molecule has 1 fully saturated rings. The molecule has 1 aliphatic heterocycles. The van der Waals surface area contributed by atoms with Crippen molar-refractivity contribution in [2.45, 2.75) is 39.1 Å². The molecule has 0 unspecified atom stereocenters. The molecule has 134 valence electrons. The van der Waals surface area contributed by atoms with Gasteiger partial charge in [-0.1, -0.05) is 30.3 Å². The molecule has 0 bridgehead atoms. The highest BCUT2D eigenvalue weighted by Gasteiger charge is 2.30. The first-order valence-electron chi connectivity index (χ1n) is 8.55. The number of carbonyl (C=O) groups is 1. The SMILES string of the molecule is CC(C)(C)OC(=O)[C@H]1CN(Cn2cc(-c3ccccc3)cn2)CCO1. The van der Waals surface area contributed by atoms with E-state index in [0.717, 1.165) is 17.7 Å². The highest BCUT2D eigenvalue weighted by molar-refractivity contribution is 5.75. The molecule has 3 rings (SSSR count). The lowest BCUT2D eigenvalue weighted by molar-refractivity contribution is -0.174. The van der Waals surface area contributed by atoms with Crippen LogP contribution >= 0.6 is 0 Å². The van der Waals surface area contributed by atoms with Crippen molar-refractivity contribution in [2.75, 3.05) is 19.7 Å². The quantitative estimate of drug-likeness (QED) is 0.799. The number of esters is 1. The Morgan fingerprint density at radius 1 is 1.28 bits per heavy atom. The summed E-state index contributed by atoms with van der Waals surface area (Å²) in [7, 11) is 0. The minimum atomic E-state index is -0.544. The lowest BCUT2D eigenvalue weighted by Crippen LogP contribution is -2.48. The van der Waals surface area contributed by atoms with Crippen LogP contribution in [-0.4, -0.2) is 52.1 Å². The first-order chi connectivity index (χ1) is 11.9. The van der Waals surface area contributed by atoms with E-state index in [1.165, 1.54) is 0 Å². The molecule has 1 atom stereocenters. The van der Waals surface area contributed by atoms with Crippen LogP contribution in [0, 0.1) is 0 Å². The van der Waals surface area contributed by atoms with Crippen molar-refractivity contribution >= 4 is 5.97 Å². The van der Waals surface area contributed by atoms with Crippen LogP contribution in [0.15, 0.2) is 42.7 Å². The van der Waals surface area contributed by atoms with E-state index in [1.807, 2.05) is 56.0 Å². The van der Waals surface area contributed by atoms with Crippen molar-refractivity contribution in [3.63, 3.8) is 0 Å². The van der Waals surface area contributed by atoms with Crippen LogP contribution in [0.25, 0.3) is 11.1 Å². The second-order valence-electron chi connectivity index (χ2n) is 7.25. The van der Waals surface area contributed by atoms with Crippen molar-refractivity contribution in [2.24, 2.45) is 0 Å². The van der Waals surface area contributed by atoms with Gasteiger partial charge in [-0.15, -0.1) is 0 Å². The van der Waals surface area contributed by atoms with Crippen LogP contribution in [-0.2, 0) is 20.9 Å². The molecule has 2 heterocycles. The molecule has 6 nitrogen and oxygen atoms in total. The topological polar surface area (TPSA) is 56.6 Å². The molecule has 0 saturated carbocycles. The van der Waals surface area contributed by atoms with Gasteiger partial charge in [0.15, 0.2) is 6.10 Å². The number of benzene rings is 1. The summed E-state index contributed by atoms with van der Waals surface area (Å²) in [6, 6.07) is 10.2. The molecule has 1 aromatic heterocycles. The molecule has 1 saturated heterocycles.